The van der Waals surface area contributed by atoms with Crippen molar-refractivity contribution in [1.82, 2.24) is 19.4 Å². The van der Waals surface area contributed by atoms with E-state index in [-0.39, 0.29) is 0 Å². The second-order valence-corrected chi connectivity index (χ2v) is 11.8. The molecule has 3 aromatic rings. The van der Waals surface area contributed by atoms with E-state index >= 15 is 0 Å². The summed E-state index contributed by atoms with van der Waals surface area (Å²) in [6.45, 7) is 6.60. The van der Waals surface area contributed by atoms with Gasteiger partial charge in [-0.2, -0.15) is 0 Å². The predicted molar refractivity (Wildman–Crippen MR) is 156 cm³/mol. The van der Waals surface area contributed by atoms with Crippen LogP contribution in [0.15, 0.2) is 30.3 Å². The van der Waals surface area contributed by atoms with Crippen LogP contribution in [0.5, 0.6) is 11.5 Å². The standard InChI is InChI=1S/C32H44N4O3/c1-21-16-24(17-28-31(21)33-32(34(28)2)23-6-9-29(38-4)30(18-23)39-5)22-10-12-35(13-11-22)27-19-25-7-8-26(20-27)36(25)14-15-37-3/h6,9,16-18,22,25-27H,7-8,10-15,19-20H2,1-5H3. The highest BCUT2D eigenvalue weighted by Gasteiger charge is 2.42. The molecule has 0 spiro atoms. The molecule has 0 saturated carbocycles. The molecule has 2 atom stereocenters. The van der Waals surface area contributed by atoms with Gasteiger partial charge in [0.1, 0.15) is 5.82 Å². The number of nitrogens with zero attached hydrogens (tertiary/aromatic N) is 4. The van der Waals surface area contributed by atoms with Gasteiger partial charge in [-0.3, -0.25) is 4.90 Å². The van der Waals surface area contributed by atoms with Gasteiger partial charge in [0.2, 0.25) is 0 Å². The molecular formula is C32H44N4O3. The zero-order valence-electron chi connectivity index (χ0n) is 24.3. The lowest BCUT2D eigenvalue weighted by Gasteiger charge is -2.45. The van der Waals surface area contributed by atoms with Crippen molar-refractivity contribution < 1.29 is 14.2 Å². The Morgan fingerprint density at radius 2 is 1.59 bits per heavy atom. The molecule has 39 heavy (non-hydrogen) atoms. The molecule has 0 N–H and O–H groups in total. The summed E-state index contributed by atoms with van der Waals surface area (Å²) in [5.41, 5.74) is 6.04. The smallest absolute Gasteiger partial charge is 0.161 e. The van der Waals surface area contributed by atoms with E-state index in [1.54, 1.807) is 14.2 Å². The number of benzene rings is 2. The van der Waals surface area contributed by atoms with E-state index < -0.39 is 0 Å². The van der Waals surface area contributed by atoms with E-state index in [9.17, 15) is 0 Å². The maximum Gasteiger partial charge on any atom is 0.161 e. The van der Waals surface area contributed by atoms with Crippen LogP contribution in [0.1, 0.15) is 55.6 Å². The molecule has 3 fully saturated rings. The first-order chi connectivity index (χ1) is 19.0. The average molecular weight is 533 g/mol. The van der Waals surface area contributed by atoms with Crippen LogP contribution in [0, 0.1) is 6.92 Å². The minimum Gasteiger partial charge on any atom is -0.493 e. The summed E-state index contributed by atoms with van der Waals surface area (Å²) in [6.07, 6.45) is 7.90. The van der Waals surface area contributed by atoms with Crippen LogP contribution in [-0.4, -0.2) is 85.0 Å². The molecule has 210 valence electrons. The minimum absolute atomic E-state index is 0.613. The Bertz CT molecular complexity index is 1300. The number of ether oxygens (including phenoxy) is 3. The van der Waals surface area contributed by atoms with Crippen molar-refractivity contribution in [3.05, 3.63) is 41.5 Å². The molecule has 2 unspecified atom stereocenters. The average Bonchev–Trinajstić information content (AvgIpc) is 3.42. The number of hydrogen-bond donors (Lipinski definition) is 0. The van der Waals surface area contributed by atoms with Crippen LogP contribution >= 0.6 is 0 Å². The van der Waals surface area contributed by atoms with Gasteiger partial charge in [-0.1, -0.05) is 6.07 Å². The van der Waals surface area contributed by atoms with Crippen molar-refractivity contribution >= 4 is 11.0 Å². The summed E-state index contributed by atoms with van der Waals surface area (Å²) in [5.74, 6) is 3.02. The third-order valence-electron chi connectivity index (χ3n) is 9.77. The molecule has 1 aromatic heterocycles. The van der Waals surface area contributed by atoms with Crippen LogP contribution in [0.25, 0.3) is 22.4 Å². The summed E-state index contributed by atoms with van der Waals surface area (Å²) in [7, 11) is 7.29. The Morgan fingerprint density at radius 3 is 2.26 bits per heavy atom. The highest BCUT2D eigenvalue weighted by molar-refractivity contribution is 5.84. The number of fused-ring (bicyclic) bond motifs is 3. The molecule has 6 rings (SSSR count). The van der Waals surface area contributed by atoms with Crippen molar-refractivity contribution in [2.24, 2.45) is 7.05 Å². The van der Waals surface area contributed by atoms with E-state index in [1.807, 2.05) is 19.2 Å². The van der Waals surface area contributed by atoms with Gasteiger partial charge < -0.3 is 23.7 Å². The summed E-state index contributed by atoms with van der Waals surface area (Å²) in [4.78, 5) is 10.6. The minimum atomic E-state index is 0.613. The molecule has 7 heteroatoms. The third-order valence-corrected chi connectivity index (χ3v) is 9.77. The van der Waals surface area contributed by atoms with Crippen LogP contribution in [0.4, 0.5) is 0 Å². The Labute approximate surface area is 233 Å². The Hall–Kier alpha value is -2.61. The quantitative estimate of drug-likeness (QED) is 0.388. The molecule has 3 aliphatic heterocycles. The van der Waals surface area contributed by atoms with Crippen molar-refractivity contribution in [3.63, 3.8) is 0 Å². The van der Waals surface area contributed by atoms with Gasteiger partial charge in [0.05, 0.1) is 31.9 Å². The highest BCUT2D eigenvalue weighted by Crippen LogP contribution is 2.40. The normalized spacial score (nSPS) is 24.5. The topological polar surface area (TPSA) is 52.0 Å². The van der Waals surface area contributed by atoms with E-state index in [4.69, 9.17) is 19.2 Å². The first-order valence-electron chi connectivity index (χ1n) is 14.7. The Kier molecular flexibility index (Phi) is 7.58. The Balaban J connectivity index is 1.16. The largest absolute Gasteiger partial charge is 0.493 e. The fraction of sp³-hybridized carbons (Fsp3) is 0.594. The summed E-state index contributed by atoms with van der Waals surface area (Å²) in [5, 5.41) is 0. The van der Waals surface area contributed by atoms with Crippen LogP contribution in [0.3, 0.4) is 0 Å². The third kappa shape index (κ3) is 4.94. The molecule has 0 aliphatic carbocycles. The van der Waals surface area contributed by atoms with Crippen LogP contribution < -0.4 is 9.47 Å². The summed E-state index contributed by atoms with van der Waals surface area (Å²) in [6, 6.07) is 13.1. The number of methoxy groups -OCH3 is 3. The lowest BCUT2D eigenvalue weighted by Crippen LogP contribution is -2.52. The second-order valence-electron chi connectivity index (χ2n) is 11.8. The fourth-order valence-electron chi connectivity index (χ4n) is 7.66. The van der Waals surface area contributed by atoms with Crippen molar-refractivity contribution in [2.75, 3.05) is 47.6 Å². The number of rotatable bonds is 8. The van der Waals surface area contributed by atoms with E-state index in [0.29, 0.717) is 5.92 Å². The van der Waals surface area contributed by atoms with Gasteiger partial charge in [-0.15, -0.1) is 0 Å². The maximum absolute atomic E-state index is 5.55. The Morgan fingerprint density at radius 1 is 0.872 bits per heavy atom. The van der Waals surface area contributed by atoms with E-state index in [1.165, 1.54) is 68.3 Å². The maximum atomic E-state index is 5.55. The van der Waals surface area contributed by atoms with Crippen molar-refractivity contribution in [2.45, 2.75) is 69.5 Å². The van der Waals surface area contributed by atoms with E-state index in [2.05, 4.69) is 46.5 Å². The van der Waals surface area contributed by atoms with Gasteiger partial charge in [0.25, 0.3) is 0 Å². The first kappa shape index (κ1) is 26.6. The zero-order chi connectivity index (χ0) is 27.1. The summed E-state index contributed by atoms with van der Waals surface area (Å²) < 4.78 is 18.6. The molecule has 4 heterocycles. The number of aryl methyl sites for hydroxylation is 2. The lowest BCUT2D eigenvalue weighted by molar-refractivity contribution is 0.0321. The van der Waals surface area contributed by atoms with Crippen molar-refractivity contribution in [1.29, 1.82) is 0 Å². The predicted octanol–water partition coefficient (Wildman–Crippen LogP) is 5.39. The molecule has 0 amide bonds. The van der Waals surface area contributed by atoms with Gasteiger partial charge in [0, 0.05) is 44.4 Å². The van der Waals surface area contributed by atoms with Crippen LogP contribution in [-0.2, 0) is 11.8 Å². The van der Waals surface area contributed by atoms with E-state index in [0.717, 1.165) is 59.7 Å². The number of likely N-dealkylation sites (tertiary alicyclic amines) is 1. The molecule has 3 saturated heterocycles. The van der Waals surface area contributed by atoms with Gasteiger partial charge in [-0.25, -0.2) is 4.98 Å². The molecule has 2 aromatic carbocycles. The number of aromatic nitrogens is 2. The summed E-state index contributed by atoms with van der Waals surface area (Å²) >= 11 is 0. The van der Waals surface area contributed by atoms with Gasteiger partial charge >= 0.3 is 0 Å². The number of piperidine rings is 2. The highest BCUT2D eigenvalue weighted by atomic mass is 16.5. The molecule has 0 radical (unpaired) electrons. The lowest BCUT2D eigenvalue weighted by atomic mass is 9.86. The first-order valence-corrected chi connectivity index (χ1v) is 14.7. The fourth-order valence-corrected chi connectivity index (χ4v) is 7.66. The zero-order valence-corrected chi connectivity index (χ0v) is 24.3. The molecule has 7 nitrogen and oxygen atoms in total. The van der Waals surface area contributed by atoms with Gasteiger partial charge in [-0.05, 0) is 99.8 Å². The number of imidazole rings is 1. The van der Waals surface area contributed by atoms with Crippen molar-refractivity contribution in [3.8, 4) is 22.9 Å². The molecule has 2 bridgehead atoms. The van der Waals surface area contributed by atoms with Gasteiger partial charge in [0.15, 0.2) is 11.5 Å². The number of hydrogen-bond acceptors (Lipinski definition) is 6. The molecular weight excluding hydrogens is 488 g/mol. The SMILES string of the molecule is COCCN1C2CCC1CC(N1CCC(c3cc(C)c4nc(-c5ccc(OC)c(OC)c5)n(C)c4c3)CC1)C2. The second kappa shape index (κ2) is 11.1. The molecule has 3 aliphatic rings. The monoisotopic (exact) mass is 532 g/mol. The van der Waals surface area contributed by atoms with Crippen LogP contribution in [0.2, 0.25) is 0 Å².